The highest BCUT2D eigenvalue weighted by atomic mass is 35.5. The van der Waals surface area contributed by atoms with E-state index in [0.29, 0.717) is 17.9 Å². The molecule has 2 unspecified atom stereocenters. The lowest BCUT2D eigenvalue weighted by atomic mass is 9.71. The number of carbonyl (C=O) groups excluding carboxylic acids is 1. The molecular formula is C19H20Cl2O4. The van der Waals surface area contributed by atoms with Crippen molar-refractivity contribution in [3.63, 3.8) is 0 Å². The average molecular weight is 383 g/mol. The molecule has 0 spiro atoms. The van der Waals surface area contributed by atoms with E-state index in [1.807, 2.05) is 0 Å². The molecule has 3 rings (SSSR count). The van der Waals surface area contributed by atoms with Gasteiger partial charge in [0.25, 0.3) is 0 Å². The Hall–Kier alpha value is -1.52. The van der Waals surface area contributed by atoms with Crippen LogP contribution in [-0.2, 0) is 16.0 Å². The molecule has 2 aliphatic rings. The van der Waals surface area contributed by atoms with Gasteiger partial charge in [0.15, 0.2) is 11.9 Å². The molecule has 4 nitrogen and oxygen atoms in total. The maximum Gasteiger partial charge on any atom is 0.344 e. The van der Waals surface area contributed by atoms with Crippen LogP contribution in [-0.4, -0.2) is 23.0 Å². The lowest BCUT2D eigenvalue weighted by Crippen LogP contribution is -2.26. The summed E-state index contributed by atoms with van der Waals surface area (Å²) < 4.78 is 5.60. The molecule has 0 heterocycles. The molecule has 2 aliphatic carbocycles. The highest BCUT2D eigenvalue weighted by molar-refractivity contribution is 6.44. The Bertz CT molecular complexity index is 784. The van der Waals surface area contributed by atoms with E-state index in [4.69, 9.17) is 27.9 Å². The van der Waals surface area contributed by atoms with Crippen molar-refractivity contribution < 1.29 is 19.4 Å². The molecule has 0 saturated heterocycles. The van der Waals surface area contributed by atoms with Crippen molar-refractivity contribution in [3.8, 4) is 5.75 Å². The van der Waals surface area contributed by atoms with Gasteiger partial charge in [-0.25, -0.2) is 4.79 Å². The fourth-order valence-electron chi connectivity index (χ4n) is 3.89. The third-order valence-corrected chi connectivity index (χ3v) is 6.22. The normalized spacial score (nSPS) is 22.9. The first-order valence-corrected chi connectivity index (χ1v) is 9.24. The van der Waals surface area contributed by atoms with Crippen molar-refractivity contribution >= 4 is 40.5 Å². The standard InChI is InChI=1S/C19H20Cl2O4/c1-3-13(18(23)24)25-14-7-10-9-19(4-2)6-5-11(22)8-12(19)15(10)17(21)16(14)20/h7-8,13H,3-6,9H2,1-2H3,(H,23,24). The predicted molar refractivity (Wildman–Crippen MR) is 97.5 cm³/mol. The second-order valence-electron chi connectivity index (χ2n) is 6.72. The van der Waals surface area contributed by atoms with Crippen molar-refractivity contribution in [2.75, 3.05) is 0 Å². The molecule has 0 bridgehead atoms. The topological polar surface area (TPSA) is 63.6 Å². The highest BCUT2D eigenvalue weighted by Crippen LogP contribution is 2.57. The SMILES string of the molecule is CCC(Oc1cc2c(c(Cl)c1Cl)C1=CC(=O)CCC1(CC)C2)C(=O)O. The summed E-state index contributed by atoms with van der Waals surface area (Å²) in [5.41, 5.74) is 2.65. The van der Waals surface area contributed by atoms with Crippen LogP contribution in [0.15, 0.2) is 12.1 Å². The largest absolute Gasteiger partial charge is 0.479 e. The molecule has 0 saturated carbocycles. The molecule has 0 amide bonds. The summed E-state index contributed by atoms with van der Waals surface area (Å²) in [6.45, 7) is 3.85. The number of benzene rings is 1. The van der Waals surface area contributed by atoms with Gasteiger partial charge >= 0.3 is 5.97 Å². The first-order chi connectivity index (χ1) is 11.8. The molecular weight excluding hydrogens is 363 g/mol. The Morgan fingerprint density at radius 2 is 2.08 bits per heavy atom. The van der Waals surface area contributed by atoms with Gasteiger partial charge in [0.05, 0.1) is 5.02 Å². The number of allylic oxidation sites excluding steroid dienone is 2. The molecule has 134 valence electrons. The number of aliphatic carboxylic acids is 1. The van der Waals surface area contributed by atoms with E-state index >= 15 is 0 Å². The van der Waals surface area contributed by atoms with Crippen LogP contribution in [0.25, 0.3) is 5.57 Å². The number of carbonyl (C=O) groups is 2. The zero-order valence-electron chi connectivity index (χ0n) is 14.2. The van der Waals surface area contributed by atoms with E-state index in [1.54, 1.807) is 19.1 Å². The summed E-state index contributed by atoms with van der Waals surface area (Å²) in [6.07, 6.45) is 4.03. The van der Waals surface area contributed by atoms with Crippen molar-refractivity contribution in [2.45, 2.75) is 52.1 Å². The molecule has 0 aromatic heterocycles. The van der Waals surface area contributed by atoms with Crippen LogP contribution >= 0.6 is 23.2 Å². The van der Waals surface area contributed by atoms with Gasteiger partial charge in [-0.15, -0.1) is 0 Å². The maximum absolute atomic E-state index is 12.0. The number of hydrogen-bond donors (Lipinski definition) is 1. The number of hydrogen-bond acceptors (Lipinski definition) is 3. The van der Waals surface area contributed by atoms with Crippen molar-refractivity contribution in [1.29, 1.82) is 0 Å². The molecule has 6 heteroatoms. The van der Waals surface area contributed by atoms with Gasteiger partial charge in [-0.2, -0.15) is 0 Å². The minimum atomic E-state index is -1.04. The van der Waals surface area contributed by atoms with E-state index in [-0.39, 0.29) is 22.0 Å². The Labute approximate surface area is 156 Å². The molecule has 1 aromatic rings. The summed E-state index contributed by atoms with van der Waals surface area (Å²) in [5, 5.41) is 9.76. The number of halogens is 2. The van der Waals surface area contributed by atoms with E-state index in [1.165, 1.54) is 0 Å². The molecule has 1 aromatic carbocycles. The number of fused-ring (bicyclic) bond motifs is 3. The first-order valence-electron chi connectivity index (χ1n) is 8.48. The lowest BCUT2D eigenvalue weighted by molar-refractivity contribution is -0.145. The molecule has 0 aliphatic heterocycles. The van der Waals surface area contributed by atoms with Crippen LogP contribution in [0.1, 0.15) is 50.7 Å². The fourth-order valence-corrected chi connectivity index (χ4v) is 4.40. The van der Waals surface area contributed by atoms with Crippen molar-refractivity contribution in [3.05, 3.63) is 33.3 Å². The Balaban J connectivity index is 2.10. The van der Waals surface area contributed by atoms with Crippen molar-refractivity contribution in [2.24, 2.45) is 5.41 Å². The fraction of sp³-hybridized carbons (Fsp3) is 0.474. The summed E-state index contributed by atoms with van der Waals surface area (Å²) in [4.78, 5) is 23.2. The summed E-state index contributed by atoms with van der Waals surface area (Å²) in [7, 11) is 0. The van der Waals surface area contributed by atoms with Crippen LogP contribution in [0.4, 0.5) is 0 Å². The third-order valence-electron chi connectivity index (χ3n) is 5.37. The minimum absolute atomic E-state index is 0.0984. The second-order valence-corrected chi connectivity index (χ2v) is 7.48. The van der Waals surface area contributed by atoms with Crippen LogP contribution in [0.3, 0.4) is 0 Å². The van der Waals surface area contributed by atoms with Crippen molar-refractivity contribution in [1.82, 2.24) is 0 Å². The van der Waals surface area contributed by atoms with Gasteiger partial charge in [-0.1, -0.05) is 37.0 Å². The second kappa shape index (κ2) is 6.65. The van der Waals surface area contributed by atoms with Gasteiger partial charge in [0.1, 0.15) is 10.8 Å². The van der Waals surface area contributed by atoms with Gasteiger partial charge in [0.2, 0.25) is 0 Å². The number of ketones is 1. The van der Waals surface area contributed by atoms with Gasteiger partial charge in [-0.3, -0.25) is 4.79 Å². The van der Waals surface area contributed by atoms with E-state index in [9.17, 15) is 14.7 Å². The lowest BCUT2D eigenvalue weighted by Gasteiger charge is -2.32. The smallest absolute Gasteiger partial charge is 0.344 e. The average Bonchev–Trinajstić information content (AvgIpc) is 2.90. The van der Waals surface area contributed by atoms with Gasteiger partial charge < -0.3 is 9.84 Å². The predicted octanol–water partition coefficient (Wildman–Crippen LogP) is 4.93. The van der Waals surface area contributed by atoms with Gasteiger partial charge in [-0.05, 0) is 49.0 Å². The number of carboxylic acids is 1. The Morgan fingerprint density at radius 1 is 1.36 bits per heavy atom. The molecule has 25 heavy (non-hydrogen) atoms. The zero-order valence-corrected chi connectivity index (χ0v) is 15.7. The van der Waals surface area contributed by atoms with Crippen LogP contribution in [0, 0.1) is 5.41 Å². The minimum Gasteiger partial charge on any atom is -0.479 e. The zero-order chi connectivity index (χ0) is 18.4. The van der Waals surface area contributed by atoms with E-state index < -0.39 is 12.1 Å². The monoisotopic (exact) mass is 382 g/mol. The van der Waals surface area contributed by atoms with Crippen LogP contribution < -0.4 is 4.74 Å². The highest BCUT2D eigenvalue weighted by Gasteiger charge is 2.44. The number of carboxylic acid groups (broad SMARTS) is 1. The quantitative estimate of drug-likeness (QED) is 0.783. The molecule has 1 N–H and O–H groups in total. The van der Waals surface area contributed by atoms with Crippen LogP contribution in [0.5, 0.6) is 5.75 Å². The summed E-state index contributed by atoms with van der Waals surface area (Å²) in [6, 6.07) is 1.79. The summed E-state index contributed by atoms with van der Waals surface area (Å²) in [5.74, 6) is -0.643. The number of rotatable bonds is 5. The third kappa shape index (κ3) is 2.96. The first kappa shape index (κ1) is 18.3. The maximum atomic E-state index is 12.0. The molecule has 0 radical (unpaired) electrons. The van der Waals surface area contributed by atoms with Gasteiger partial charge in [0, 0.05) is 17.4 Å². The van der Waals surface area contributed by atoms with E-state index in [0.717, 1.165) is 36.0 Å². The van der Waals surface area contributed by atoms with Crippen LogP contribution in [0.2, 0.25) is 10.0 Å². The number of ether oxygens (including phenoxy) is 1. The van der Waals surface area contributed by atoms with E-state index in [2.05, 4.69) is 6.92 Å². The molecule has 2 atom stereocenters. The Morgan fingerprint density at radius 3 is 2.68 bits per heavy atom. The summed E-state index contributed by atoms with van der Waals surface area (Å²) >= 11 is 12.9. The molecule has 0 fully saturated rings. The Kier molecular flexibility index (Phi) is 4.86.